The molecule has 12 heavy (non-hydrogen) atoms. The van der Waals surface area contributed by atoms with E-state index >= 15 is 0 Å². The molecule has 64 valence electrons. The molecule has 0 saturated carbocycles. The molecule has 0 aliphatic heterocycles. The van der Waals surface area contributed by atoms with Crippen molar-refractivity contribution in [2.45, 2.75) is 0 Å². The van der Waals surface area contributed by atoms with Gasteiger partial charge in [-0.25, -0.2) is 9.78 Å². The normalized spacial score (nSPS) is 9.08. The van der Waals surface area contributed by atoms with Gasteiger partial charge in [0, 0.05) is 0 Å². The monoisotopic (exact) mass is 184 g/mol. The number of carbonyl (C=O) groups excluding carboxylic acids is 1. The lowest BCUT2D eigenvalue weighted by Gasteiger charge is -2.02. The smallest absolute Gasteiger partial charge is 0.329 e. The highest BCUT2D eigenvalue weighted by Gasteiger charge is 1.97. The van der Waals surface area contributed by atoms with Gasteiger partial charge >= 0.3 is 6.03 Å². The number of carbonyl (C=O) groups is 1. The molecule has 0 fully saturated rings. The van der Waals surface area contributed by atoms with E-state index in [-0.39, 0.29) is 0 Å². The minimum absolute atomic E-state index is 0.409. The second-order valence-electron chi connectivity index (χ2n) is 2.04. The summed E-state index contributed by atoms with van der Waals surface area (Å²) in [5, 5.41) is 2.47. The van der Waals surface area contributed by atoms with E-state index in [9.17, 15) is 4.79 Å². The summed E-state index contributed by atoms with van der Waals surface area (Å²) in [5.41, 5.74) is 5.90. The van der Waals surface area contributed by atoms with E-state index in [2.05, 4.69) is 27.8 Å². The molecule has 0 aliphatic carbocycles. The predicted octanol–water partition coefficient (Wildman–Crippen LogP) is 0.630. The Bertz CT molecular complexity index is 273. The zero-order valence-corrected chi connectivity index (χ0v) is 7.01. The van der Waals surface area contributed by atoms with Crippen LogP contribution in [0.25, 0.3) is 0 Å². The van der Waals surface area contributed by atoms with Crippen LogP contribution in [0.5, 0.6) is 0 Å². The number of urea groups is 1. The lowest BCUT2D eigenvalue weighted by Crippen LogP contribution is -2.20. The standard InChI is InChI=1S/C6H8N4OS/c7-5-2-1-4(3-8-5)9-6(11)10-12/h1-3,12H,(H2,7,8)(H2,9,10,11). The van der Waals surface area contributed by atoms with Crippen LogP contribution in [0, 0.1) is 0 Å². The number of aromatic nitrogens is 1. The highest BCUT2D eigenvalue weighted by molar-refractivity contribution is 7.78. The molecule has 0 aromatic carbocycles. The van der Waals surface area contributed by atoms with Crippen molar-refractivity contribution in [1.29, 1.82) is 0 Å². The third-order valence-electron chi connectivity index (χ3n) is 1.15. The summed E-state index contributed by atoms with van der Waals surface area (Å²) >= 11 is 3.56. The number of nitrogens with one attached hydrogen (secondary N) is 2. The molecule has 2 amide bonds. The molecule has 1 heterocycles. The first-order chi connectivity index (χ1) is 5.72. The van der Waals surface area contributed by atoms with Crippen LogP contribution in [0.15, 0.2) is 18.3 Å². The summed E-state index contributed by atoms with van der Waals surface area (Å²) < 4.78 is 2.11. The molecule has 0 radical (unpaired) electrons. The molecule has 1 aromatic heterocycles. The van der Waals surface area contributed by atoms with Gasteiger partial charge in [0.1, 0.15) is 5.82 Å². The second-order valence-corrected chi connectivity index (χ2v) is 2.26. The fourth-order valence-electron chi connectivity index (χ4n) is 0.638. The molecule has 0 unspecified atom stereocenters. The first kappa shape index (κ1) is 8.66. The van der Waals surface area contributed by atoms with Gasteiger partial charge in [0.25, 0.3) is 0 Å². The van der Waals surface area contributed by atoms with Crippen LogP contribution in [0.4, 0.5) is 16.3 Å². The first-order valence-corrected chi connectivity index (χ1v) is 3.59. The number of pyridine rings is 1. The summed E-state index contributed by atoms with van der Waals surface area (Å²) in [6.45, 7) is 0. The molecule has 0 spiro atoms. The number of nitrogens with two attached hydrogens (primary N) is 1. The highest BCUT2D eigenvalue weighted by Crippen LogP contribution is 2.06. The molecule has 5 nitrogen and oxygen atoms in total. The molecule has 1 rings (SSSR count). The zero-order valence-electron chi connectivity index (χ0n) is 6.11. The Hall–Kier alpha value is -1.43. The molecule has 0 bridgehead atoms. The van der Waals surface area contributed by atoms with Crippen molar-refractivity contribution < 1.29 is 4.79 Å². The van der Waals surface area contributed by atoms with Gasteiger partial charge in [0.15, 0.2) is 0 Å². The van der Waals surface area contributed by atoms with Gasteiger partial charge in [-0.05, 0) is 12.1 Å². The van der Waals surface area contributed by atoms with E-state index in [0.29, 0.717) is 11.5 Å². The Morgan fingerprint density at radius 3 is 2.83 bits per heavy atom. The Morgan fingerprint density at radius 1 is 1.58 bits per heavy atom. The summed E-state index contributed by atoms with van der Waals surface area (Å²) in [5.74, 6) is 0.409. The van der Waals surface area contributed by atoms with Crippen LogP contribution in [-0.2, 0) is 0 Å². The van der Waals surface area contributed by atoms with Crippen LogP contribution in [-0.4, -0.2) is 11.0 Å². The van der Waals surface area contributed by atoms with Gasteiger partial charge in [0.05, 0.1) is 11.9 Å². The summed E-state index contributed by atoms with van der Waals surface area (Å²) in [6.07, 6.45) is 1.46. The number of nitrogen functional groups attached to an aromatic ring is 1. The van der Waals surface area contributed by atoms with Crippen molar-refractivity contribution in [3.8, 4) is 0 Å². The third-order valence-corrected chi connectivity index (χ3v) is 1.35. The molecule has 1 aromatic rings. The topological polar surface area (TPSA) is 80.0 Å². The van der Waals surface area contributed by atoms with Crippen molar-refractivity contribution in [3.05, 3.63) is 18.3 Å². The molecule has 0 aliphatic rings. The quantitative estimate of drug-likeness (QED) is 0.483. The van der Waals surface area contributed by atoms with Gasteiger partial charge in [-0.2, -0.15) is 0 Å². The number of hydrogen-bond acceptors (Lipinski definition) is 4. The number of rotatable bonds is 1. The van der Waals surface area contributed by atoms with Gasteiger partial charge < -0.3 is 11.1 Å². The fraction of sp³-hybridized carbons (Fsp3) is 0. The van der Waals surface area contributed by atoms with E-state index in [1.54, 1.807) is 12.1 Å². The number of amides is 2. The lowest BCUT2D eigenvalue weighted by atomic mass is 10.4. The van der Waals surface area contributed by atoms with Crippen molar-refractivity contribution >= 4 is 30.4 Å². The lowest BCUT2D eigenvalue weighted by molar-refractivity contribution is 0.257. The van der Waals surface area contributed by atoms with Crippen LogP contribution in [0.1, 0.15) is 0 Å². The van der Waals surface area contributed by atoms with E-state index < -0.39 is 6.03 Å². The predicted molar refractivity (Wildman–Crippen MR) is 49.8 cm³/mol. The fourth-order valence-corrected chi connectivity index (χ4v) is 0.694. The minimum atomic E-state index is -0.412. The van der Waals surface area contributed by atoms with Crippen LogP contribution in [0.3, 0.4) is 0 Å². The van der Waals surface area contributed by atoms with Crippen molar-refractivity contribution in [3.63, 3.8) is 0 Å². The first-order valence-electron chi connectivity index (χ1n) is 3.15. The largest absolute Gasteiger partial charge is 0.384 e. The molecular formula is C6H8N4OS. The molecule has 4 N–H and O–H groups in total. The molecular weight excluding hydrogens is 176 g/mol. The Kier molecular flexibility index (Phi) is 2.76. The van der Waals surface area contributed by atoms with Crippen LogP contribution in [0.2, 0.25) is 0 Å². The second kappa shape index (κ2) is 3.82. The van der Waals surface area contributed by atoms with Crippen LogP contribution >= 0.6 is 12.8 Å². The van der Waals surface area contributed by atoms with Gasteiger partial charge in [-0.3, -0.25) is 4.72 Å². The molecule has 0 saturated heterocycles. The Balaban J connectivity index is 2.64. The number of nitrogens with zero attached hydrogens (tertiary/aromatic N) is 1. The minimum Gasteiger partial charge on any atom is -0.384 e. The van der Waals surface area contributed by atoms with Gasteiger partial charge in [-0.15, -0.1) is 0 Å². The maximum Gasteiger partial charge on any atom is 0.329 e. The maximum absolute atomic E-state index is 10.7. The average molecular weight is 184 g/mol. The average Bonchev–Trinajstić information content (AvgIpc) is 2.09. The zero-order chi connectivity index (χ0) is 8.97. The maximum atomic E-state index is 10.7. The van der Waals surface area contributed by atoms with E-state index in [1.165, 1.54) is 6.20 Å². The molecule has 6 heteroatoms. The highest BCUT2D eigenvalue weighted by atomic mass is 32.1. The van der Waals surface area contributed by atoms with E-state index in [1.807, 2.05) is 0 Å². The van der Waals surface area contributed by atoms with Crippen LogP contribution < -0.4 is 15.8 Å². The van der Waals surface area contributed by atoms with Crippen molar-refractivity contribution in [1.82, 2.24) is 9.71 Å². The van der Waals surface area contributed by atoms with Crippen molar-refractivity contribution in [2.75, 3.05) is 11.1 Å². The Morgan fingerprint density at radius 2 is 2.33 bits per heavy atom. The third kappa shape index (κ3) is 2.31. The van der Waals surface area contributed by atoms with Gasteiger partial charge in [-0.1, -0.05) is 12.8 Å². The summed E-state index contributed by atoms with van der Waals surface area (Å²) in [4.78, 5) is 14.5. The van der Waals surface area contributed by atoms with E-state index in [4.69, 9.17) is 5.73 Å². The summed E-state index contributed by atoms with van der Waals surface area (Å²) in [7, 11) is 0. The van der Waals surface area contributed by atoms with E-state index in [0.717, 1.165) is 0 Å². The summed E-state index contributed by atoms with van der Waals surface area (Å²) in [6, 6.07) is 2.82. The van der Waals surface area contributed by atoms with Crippen molar-refractivity contribution in [2.24, 2.45) is 0 Å². The molecule has 0 atom stereocenters. The number of thiol groups is 1. The van der Waals surface area contributed by atoms with Gasteiger partial charge in [0.2, 0.25) is 0 Å². The number of anilines is 2. The SMILES string of the molecule is Nc1ccc(NC(=O)NS)cn1. The number of hydrogen-bond donors (Lipinski definition) is 4. The Labute approximate surface area is 74.9 Å².